The van der Waals surface area contributed by atoms with Gasteiger partial charge in [0.1, 0.15) is 11.6 Å². The number of ether oxygens (including phenoxy) is 4. The average Bonchev–Trinajstić information content (AvgIpc) is 2.90. The van der Waals surface area contributed by atoms with Crippen molar-refractivity contribution >= 4 is 11.6 Å². The molecule has 164 valence electrons. The molecule has 2 aliphatic rings. The van der Waals surface area contributed by atoms with E-state index in [0.29, 0.717) is 23.0 Å². The molecule has 0 spiro atoms. The molecule has 6 nitrogen and oxygen atoms in total. The molecule has 0 aliphatic heterocycles. The molecule has 2 saturated carbocycles. The van der Waals surface area contributed by atoms with E-state index in [9.17, 15) is 9.59 Å². The lowest BCUT2D eigenvalue weighted by molar-refractivity contribution is -0.133. The zero-order chi connectivity index (χ0) is 22.5. The number of Topliss-reactive ketones (excluding diaryl/α,β-unsaturated/α-hetero) is 2. The molecule has 2 aromatic rings. The molecule has 6 heteroatoms. The van der Waals surface area contributed by atoms with E-state index < -0.39 is 5.41 Å². The summed E-state index contributed by atoms with van der Waals surface area (Å²) in [4.78, 5) is 26.5. The first-order valence-corrected chi connectivity index (χ1v) is 10.3. The van der Waals surface area contributed by atoms with Crippen LogP contribution in [0.5, 0.6) is 23.0 Å². The fraction of sp³-hybridized carbons (Fsp3) is 0.440. The normalized spacial score (nSPS) is 26.1. The van der Waals surface area contributed by atoms with Crippen LogP contribution in [0, 0.1) is 17.3 Å². The van der Waals surface area contributed by atoms with Crippen LogP contribution in [-0.4, -0.2) is 40.0 Å². The second kappa shape index (κ2) is 7.59. The van der Waals surface area contributed by atoms with Gasteiger partial charge in [-0.05, 0) is 49.2 Å². The van der Waals surface area contributed by atoms with Gasteiger partial charge in [-0.25, -0.2) is 0 Å². The van der Waals surface area contributed by atoms with Gasteiger partial charge in [0.05, 0.1) is 33.9 Å². The van der Waals surface area contributed by atoms with Crippen LogP contribution in [0.3, 0.4) is 0 Å². The summed E-state index contributed by atoms with van der Waals surface area (Å²) in [5.74, 6) is 1.51. The lowest BCUT2D eigenvalue weighted by Gasteiger charge is -2.47. The predicted molar refractivity (Wildman–Crippen MR) is 115 cm³/mol. The SMILES string of the molecule is COc1ccc([C@@H]2[C@H]3C(=O)C(C)(C)C(=O)[C@H]3[C@@H]2c2ccc(OC)c(OC)c2)cc1OC. The molecule has 4 rings (SSSR count). The van der Waals surface area contributed by atoms with E-state index in [0.717, 1.165) is 11.1 Å². The summed E-state index contributed by atoms with van der Waals surface area (Å²) >= 11 is 0. The number of carbonyl (C=O) groups is 2. The van der Waals surface area contributed by atoms with Crippen LogP contribution in [0.15, 0.2) is 36.4 Å². The topological polar surface area (TPSA) is 71.1 Å². The highest BCUT2D eigenvalue weighted by molar-refractivity contribution is 6.17. The number of rotatable bonds is 6. The van der Waals surface area contributed by atoms with Crippen molar-refractivity contribution < 1.29 is 28.5 Å². The number of benzene rings is 2. The smallest absolute Gasteiger partial charge is 0.160 e. The quantitative estimate of drug-likeness (QED) is 0.653. The molecule has 0 unspecified atom stereocenters. The van der Waals surface area contributed by atoms with Gasteiger partial charge in [0.15, 0.2) is 23.0 Å². The Morgan fingerprint density at radius 3 is 1.26 bits per heavy atom. The van der Waals surface area contributed by atoms with Crippen molar-refractivity contribution in [2.24, 2.45) is 17.3 Å². The molecule has 0 radical (unpaired) electrons. The van der Waals surface area contributed by atoms with Gasteiger partial charge in [-0.3, -0.25) is 9.59 Å². The van der Waals surface area contributed by atoms with Crippen LogP contribution in [-0.2, 0) is 9.59 Å². The maximum absolute atomic E-state index is 13.2. The van der Waals surface area contributed by atoms with Gasteiger partial charge < -0.3 is 18.9 Å². The summed E-state index contributed by atoms with van der Waals surface area (Å²) in [6, 6.07) is 11.4. The first-order valence-electron chi connectivity index (χ1n) is 10.3. The molecule has 0 amide bonds. The lowest BCUT2D eigenvalue weighted by Crippen LogP contribution is -2.45. The molecule has 4 atom stereocenters. The summed E-state index contributed by atoms with van der Waals surface area (Å²) in [5, 5.41) is 0. The zero-order valence-electron chi connectivity index (χ0n) is 18.7. The molecule has 0 N–H and O–H groups in total. The first-order chi connectivity index (χ1) is 14.8. The third-order valence-electron chi connectivity index (χ3n) is 6.97. The Balaban J connectivity index is 1.84. The lowest BCUT2D eigenvalue weighted by atomic mass is 9.53. The van der Waals surface area contributed by atoms with Crippen molar-refractivity contribution in [2.75, 3.05) is 28.4 Å². The summed E-state index contributed by atoms with van der Waals surface area (Å²) in [6.07, 6.45) is 0. The minimum absolute atomic E-state index is 0.0130. The van der Waals surface area contributed by atoms with Crippen molar-refractivity contribution in [1.82, 2.24) is 0 Å². The number of fused-ring (bicyclic) bond motifs is 1. The third kappa shape index (κ3) is 2.99. The van der Waals surface area contributed by atoms with Crippen molar-refractivity contribution in [1.29, 1.82) is 0 Å². The second-order valence-electron chi connectivity index (χ2n) is 8.69. The zero-order valence-corrected chi connectivity index (χ0v) is 18.7. The van der Waals surface area contributed by atoms with E-state index in [-0.39, 0.29) is 35.2 Å². The number of hydrogen-bond acceptors (Lipinski definition) is 6. The van der Waals surface area contributed by atoms with E-state index in [4.69, 9.17) is 18.9 Å². The van der Waals surface area contributed by atoms with E-state index in [1.807, 2.05) is 36.4 Å². The second-order valence-corrected chi connectivity index (χ2v) is 8.69. The van der Waals surface area contributed by atoms with Crippen LogP contribution in [0.25, 0.3) is 0 Å². The largest absolute Gasteiger partial charge is 0.493 e. The Labute approximate surface area is 182 Å². The Kier molecular flexibility index (Phi) is 5.20. The highest BCUT2D eigenvalue weighted by Gasteiger charge is 2.68. The molecular weight excluding hydrogens is 396 g/mol. The number of methoxy groups -OCH3 is 4. The number of hydrogen-bond donors (Lipinski definition) is 0. The van der Waals surface area contributed by atoms with E-state index >= 15 is 0 Å². The molecule has 0 aromatic heterocycles. The minimum Gasteiger partial charge on any atom is -0.493 e. The van der Waals surface area contributed by atoms with Gasteiger partial charge in [0.25, 0.3) is 0 Å². The molecular formula is C25H28O6. The standard InChI is InChI=1S/C25H28O6/c1-25(2)23(26)21-19(13-7-9-15(28-3)17(11-13)30-5)20(22(21)24(25)27)14-8-10-16(29-4)18(12-14)31-6/h7-12,19-22H,1-6H3/t19-,20+,21+,22-. The highest BCUT2D eigenvalue weighted by Crippen LogP contribution is 2.65. The van der Waals surface area contributed by atoms with Gasteiger partial charge in [0.2, 0.25) is 0 Å². The van der Waals surface area contributed by atoms with Crippen LogP contribution in [0.2, 0.25) is 0 Å². The van der Waals surface area contributed by atoms with Crippen LogP contribution in [0.1, 0.15) is 36.8 Å². The molecule has 0 heterocycles. The fourth-order valence-corrected chi connectivity index (χ4v) is 5.30. The highest BCUT2D eigenvalue weighted by atomic mass is 16.5. The minimum atomic E-state index is -0.977. The van der Waals surface area contributed by atoms with Crippen molar-refractivity contribution in [3.05, 3.63) is 47.5 Å². The molecule has 2 fully saturated rings. The van der Waals surface area contributed by atoms with Gasteiger partial charge in [-0.15, -0.1) is 0 Å². The summed E-state index contributed by atoms with van der Waals surface area (Å²) in [6.45, 7) is 3.49. The van der Waals surface area contributed by atoms with Crippen LogP contribution >= 0.6 is 0 Å². The Morgan fingerprint density at radius 2 is 0.935 bits per heavy atom. The first kappa shape index (κ1) is 21.2. The molecule has 2 aliphatic carbocycles. The monoisotopic (exact) mass is 424 g/mol. The third-order valence-corrected chi connectivity index (χ3v) is 6.97. The predicted octanol–water partition coefficient (Wildman–Crippen LogP) is 4.01. The van der Waals surface area contributed by atoms with Gasteiger partial charge in [-0.1, -0.05) is 12.1 Å². The number of ketones is 2. The van der Waals surface area contributed by atoms with E-state index in [1.165, 1.54) is 0 Å². The summed E-state index contributed by atoms with van der Waals surface area (Å²) in [7, 11) is 6.35. The molecule has 2 aromatic carbocycles. The van der Waals surface area contributed by atoms with Crippen molar-refractivity contribution in [3.8, 4) is 23.0 Å². The Morgan fingerprint density at radius 1 is 0.581 bits per heavy atom. The average molecular weight is 424 g/mol. The molecule has 0 saturated heterocycles. The summed E-state index contributed by atoms with van der Waals surface area (Å²) in [5.41, 5.74) is 0.935. The van der Waals surface area contributed by atoms with Crippen LogP contribution in [0.4, 0.5) is 0 Å². The van der Waals surface area contributed by atoms with E-state index in [1.54, 1.807) is 42.3 Å². The van der Waals surface area contributed by atoms with Gasteiger partial charge >= 0.3 is 0 Å². The van der Waals surface area contributed by atoms with Gasteiger partial charge in [0, 0.05) is 23.7 Å². The Bertz CT molecular complexity index is 959. The summed E-state index contributed by atoms with van der Waals surface area (Å²) < 4.78 is 21.7. The maximum Gasteiger partial charge on any atom is 0.160 e. The number of carbonyl (C=O) groups excluding carboxylic acids is 2. The fourth-order valence-electron chi connectivity index (χ4n) is 5.30. The van der Waals surface area contributed by atoms with E-state index in [2.05, 4.69) is 0 Å². The van der Waals surface area contributed by atoms with Gasteiger partial charge in [-0.2, -0.15) is 0 Å². The van der Waals surface area contributed by atoms with Crippen LogP contribution < -0.4 is 18.9 Å². The molecule has 0 bridgehead atoms. The Hall–Kier alpha value is -3.02. The molecule has 31 heavy (non-hydrogen) atoms. The van der Waals surface area contributed by atoms with Crippen molar-refractivity contribution in [2.45, 2.75) is 25.7 Å². The van der Waals surface area contributed by atoms with Crippen molar-refractivity contribution in [3.63, 3.8) is 0 Å². The maximum atomic E-state index is 13.2.